The Morgan fingerprint density at radius 1 is 1.33 bits per heavy atom. The van der Waals surface area contributed by atoms with Crippen LogP contribution in [0.25, 0.3) is 10.1 Å². The largest absolute Gasteiger partial charge is 0.480 e. The molecule has 4 nitrogen and oxygen atoms in total. The third kappa shape index (κ3) is 2.51. The van der Waals surface area contributed by atoms with E-state index in [4.69, 9.17) is 0 Å². The van der Waals surface area contributed by atoms with Gasteiger partial charge in [0, 0.05) is 11.7 Å². The third-order valence-electron chi connectivity index (χ3n) is 3.76. The Balaban J connectivity index is 2.49. The van der Waals surface area contributed by atoms with Crippen molar-refractivity contribution in [1.29, 1.82) is 0 Å². The molecule has 0 aliphatic rings. The zero-order valence-electron chi connectivity index (χ0n) is 12.2. The van der Waals surface area contributed by atoms with Crippen LogP contribution in [0.15, 0.2) is 18.2 Å². The van der Waals surface area contributed by atoms with Crippen molar-refractivity contribution >= 4 is 33.3 Å². The number of fused-ring (bicyclic) bond motifs is 1. The van der Waals surface area contributed by atoms with Crippen LogP contribution in [0.3, 0.4) is 0 Å². The first-order valence-corrected chi connectivity index (χ1v) is 7.18. The lowest BCUT2D eigenvalue weighted by Crippen LogP contribution is -2.50. The number of carboxylic acids is 1. The molecule has 0 aliphatic heterocycles. The number of nitrogens with zero attached hydrogens (tertiary/aromatic N) is 1. The van der Waals surface area contributed by atoms with Gasteiger partial charge in [0.25, 0.3) is 5.91 Å². The maximum absolute atomic E-state index is 13.3. The quantitative estimate of drug-likeness (QED) is 0.946. The van der Waals surface area contributed by atoms with Gasteiger partial charge >= 0.3 is 5.97 Å². The van der Waals surface area contributed by atoms with Crippen molar-refractivity contribution in [2.24, 2.45) is 0 Å². The zero-order chi connectivity index (χ0) is 15.9. The van der Waals surface area contributed by atoms with Gasteiger partial charge in [-0.15, -0.1) is 11.3 Å². The van der Waals surface area contributed by atoms with Gasteiger partial charge in [0.1, 0.15) is 11.4 Å². The summed E-state index contributed by atoms with van der Waals surface area (Å²) >= 11 is 1.18. The van der Waals surface area contributed by atoms with Gasteiger partial charge in [0.05, 0.1) is 4.88 Å². The van der Waals surface area contributed by atoms with Gasteiger partial charge in [0.15, 0.2) is 0 Å². The fourth-order valence-electron chi connectivity index (χ4n) is 1.95. The molecule has 6 heteroatoms. The summed E-state index contributed by atoms with van der Waals surface area (Å²) in [6.07, 6.45) is 0. The first kappa shape index (κ1) is 15.4. The predicted octanol–water partition coefficient (Wildman–Crippen LogP) is 3.28. The number of carboxylic acid groups (broad SMARTS) is 1. The van der Waals surface area contributed by atoms with E-state index < -0.39 is 11.5 Å². The Morgan fingerprint density at radius 3 is 2.52 bits per heavy atom. The fourth-order valence-corrected chi connectivity index (χ4v) is 3.16. The second kappa shape index (κ2) is 5.11. The lowest BCUT2D eigenvalue weighted by atomic mass is 10.0. The molecule has 112 valence electrons. The first-order valence-electron chi connectivity index (χ1n) is 6.36. The predicted molar refractivity (Wildman–Crippen MR) is 80.3 cm³/mol. The molecule has 0 spiro atoms. The number of aliphatic carboxylic acids is 1. The van der Waals surface area contributed by atoms with E-state index in [9.17, 15) is 19.1 Å². The van der Waals surface area contributed by atoms with Crippen molar-refractivity contribution in [2.45, 2.75) is 26.3 Å². The average molecular weight is 309 g/mol. The van der Waals surface area contributed by atoms with Crippen LogP contribution < -0.4 is 0 Å². The lowest BCUT2D eigenvalue weighted by molar-refractivity contribution is -0.147. The van der Waals surface area contributed by atoms with E-state index in [1.165, 1.54) is 49.3 Å². The van der Waals surface area contributed by atoms with E-state index in [-0.39, 0.29) is 11.7 Å². The molecule has 21 heavy (non-hydrogen) atoms. The number of aryl methyl sites for hydroxylation is 1. The van der Waals surface area contributed by atoms with Gasteiger partial charge in [0.2, 0.25) is 0 Å². The molecule has 1 aromatic carbocycles. The van der Waals surface area contributed by atoms with E-state index in [0.29, 0.717) is 9.58 Å². The summed E-state index contributed by atoms with van der Waals surface area (Å²) in [7, 11) is 1.46. The SMILES string of the molecule is Cc1c(C(=O)N(C)C(C)(C)C(=O)O)sc2cc(F)ccc12. The molecular formula is C15H16FNO3S. The molecule has 0 saturated carbocycles. The summed E-state index contributed by atoms with van der Waals surface area (Å²) in [5.74, 6) is -1.81. The summed E-state index contributed by atoms with van der Waals surface area (Å²) in [6, 6.07) is 4.36. The van der Waals surface area contributed by atoms with Crippen molar-refractivity contribution < 1.29 is 19.1 Å². The van der Waals surface area contributed by atoms with Gasteiger partial charge in [-0.05, 0) is 43.9 Å². The minimum atomic E-state index is -1.31. The van der Waals surface area contributed by atoms with Gasteiger partial charge < -0.3 is 10.0 Å². The number of halogens is 1. The highest BCUT2D eigenvalue weighted by Gasteiger charge is 2.36. The Hall–Kier alpha value is -1.95. The minimum Gasteiger partial charge on any atom is -0.480 e. The molecule has 1 aromatic heterocycles. The van der Waals surface area contributed by atoms with Crippen LogP contribution in [0, 0.1) is 12.7 Å². The van der Waals surface area contributed by atoms with E-state index in [2.05, 4.69) is 0 Å². The fraction of sp³-hybridized carbons (Fsp3) is 0.333. The number of hydrogen-bond acceptors (Lipinski definition) is 3. The molecule has 0 bridgehead atoms. The highest BCUT2D eigenvalue weighted by Crippen LogP contribution is 2.33. The maximum atomic E-state index is 13.3. The molecule has 1 N–H and O–H groups in total. The molecule has 0 atom stereocenters. The maximum Gasteiger partial charge on any atom is 0.329 e. The first-order chi connectivity index (χ1) is 9.66. The number of hydrogen-bond donors (Lipinski definition) is 1. The van der Waals surface area contributed by atoms with Crippen LogP contribution in [0.2, 0.25) is 0 Å². The van der Waals surface area contributed by atoms with E-state index in [0.717, 1.165) is 10.9 Å². The lowest BCUT2D eigenvalue weighted by Gasteiger charge is -2.31. The summed E-state index contributed by atoms with van der Waals surface area (Å²) in [6.45, 7) is 4.72. The van der Waals surface area contributed by atoms with E-state index in [1.807, 2.05) is 0 Å². The highest BCUT2D eigenvalue weighted by atomic mass is 32.1. The number of carbonyl (C=O) groups excluding carboxylic acids is 1. The molecular weight excluding hydrogens is 293 g/mol. The van der Waals surface area contributed by atoms with Gasteiger partial charge in [-0.25, -0.2) is 9.18 Å². The van der Waals surface area contributed by atoms with Crippen LogP contribution in [-0.2, 0) is 4.79 Å². The van der Waals surface area contributed by atoms with E-state index >= 15 is 0 Å². The van der Waals surface area contributed by atoms with Crippen molar-refractivity contribution in [2.75, 3.05) is 7.05 Å². The average Bonchev–Trinajstić information content (AvgIpc) is 2.73. The van der Waals surface area contributed by atoms with Crippen LogP contribution >= 0.6 is 11.3 Å². The molecule has 1 heterocycles. The normalized spacial score (nSPS) is 11.7. The monoisotopic (exact) mass is 309 g/mol. The molecule has 2 rings (SSSR count). The number of thiophene rings is 1. The topological polar surface area (TPSA) is 57.6 Å². The molecule has 0 saturated heterocycles. The second-order valence-corrected chi connectivity index (χ2v) is 6.48. The molecule has 0 fully saturated rings. The summed E-state index contributed by atoms with van der Waals surface area (Å²) < 4.78 is 13.9. The summed E-state index contributed by atoms with van der Waals surface area (Å²) in [4.78, 5) is 25.4. The number of amides is 1. The van der Waals surface area contributed by atoms with Crippen molar-refractivity contribution in [3.63, 3.8) is 0 Å². The molecule has 2 aromatic rings. The van der Waals surface area contributed by atoms with Gasteiger partial charge in [-0.2, -0.15) is 0 Å². The third-order valence-corrected chi connectivity index (χ3v) is 5.00. The Labute approximate surface area is 125 Å². The van der Waals surface area contributed by atoms with Crippen molar-refractivity contribution in [3.8, 4) is 0 Å². The summed E-state index contributed by atoms with van der Waals surface area (Å²) in [5, 5.41) is 10.0. The number of carbonyl (C=O) groups is 2. The highest BCUT2D eigenvalue weighted by molar-refractivity contribution is 7.21. The smallest absolute Gasteiger partial charge is 0.329 e. The van der Waals surface area contributed by atoms with Crippen LogP contribution in [0.4, 0.5) is 4.39 Å². The van der Waals surface area contributed by atoms with Gasteiger partial charge in [-0.1, -0.05) is 6.07 Å². The Bertz CT molecular complexity index is 736. The number of rotatable bonds is 3. The van der Waals surface area contributed by atoms with Crippen molar-refractivity contribution in [3.05, 3.63) is 34.5 Å². The van der Waals surface area contributed by atoms with E-state index in [1.54, 1.807) is 13.0 Å². The second-order valence-electron chi connectivity index (χ2n) is 5.43. The number of likely N-dealkylation sites (N-methyl/N-ethyl adjacent to an activating group) is 1. The molecule has 1 amide bonds. The zero-order valence-corrected chi connectivity index (χ0v) is 13.0. The summed E-state index contributed by atoms with van der Waals surface area (Å²) in [5.41, 5.74) is -0.571. The van der Waals surface area contributed by atoms with Crippen LogP contribution in [0.1, 0.15) is 29.1 Å². The van der Waals surface area contributed by atoms with Gasteiger partial charge in [-0.3, -0.25) is 4.79 Å². The van der Waals surface area contributed by atoms with Crippen molar-refractivity contribution in [1.82, 2.24) is 4.90 Å². The number of benzene rings is 1. The van der Waals surface area contributed by atoms with Crippen LogP contribution in [0.5, 0.6) is 0 Å². The molecule has 0 unspecified atom stereocenters. The minimum absolute atomic E-state index is 0.359. The standard InChI is InChI=1S/C15H16FNO3S/c1-8-10-6-5-9(16)7-11(10)21-12(8)13(18)17(4)15(2,3)14(19)20/h5-7H,1-4H3,(H,19,20). The Morgan fingerprint density at radius 2 is 1.95 bits per heavy atom. The molecule has 0 aliphatic carbocycles. The molecule has 0 radical (unpaired) electrons. The van der Waals surface area contributed by atoms with Crippen LogP contribution in [-0.4, -0.2) is 34.5 Å². The Kier molecular flexibility index (Phi) is 3.76.